The quantitative estimate of drug-likeness (QED) is 0.847. The van der Waals surface area contributed by atoms with Gasteiger partial charge in [-0.25, -0.2) is 0 Å². The molecule has 1 atom stereocenters. The third-order valence-electron chi connectivity index (χ3n) is 2.00. The number of hydrogen-bond acceptors (Lipinski definition) is 2. The Hall–Kier alpha value is -0.390. The monoisotopic (exact) mass is 271 g/mol. The van der Waals surface area contributed by atoms with Crippen LogP contribution in [0.2, 0.25) is 0 Å². The van der Waals surface area contributed by atoms with Crippen LogP contribution in [0.1, 0.15) is 18.0 Å². The van der Waals surface area contributed by atoms with Crippen molar-refractivity contribution in [2.45, 2.75) is 23.5 Å². The van der Waals surface area contributed by atoms with E-state index in [1.165, 1.54) is 11.8 Å². The topological polar surface area (TPSA) is 26.0 Å². The predicted molar refractivity (Wildman–Crippen MR) is 63.1 cm³/mol. The summed E-state index contributed by atoms with van der Waals surface area (Å²) < 4.78 is 36.2. The molecule has 0 aromatic heterocycles. The Balaban J connectivity index is 0.00000225. The van der Waals surface area contributed by atoms with Crippen molar-refractivity contribution in [3.05, 3.63) is 29.8 Å². The lowest BCUT2D eigenvalue weighted by atomic mass is 10.0. The molecule has 0 aliphatic rings. The van der Waals surface area contributed by atoms with Crippen LogP contribution < -0.4 is 5.73 Å². The van der Waals surface area contributed by atoms with Gasteiger partial charge in [0.1, 0.15) is 0 Å². The molecule has 1 nitrogen and oxygen atoms in total. The average molecular weight is 272 g/mol. The van der Waals surface area contributed by atoms with E-state index >= 15 is 0 Å². The summed E-state index contributed by atoms with van der Waals surface area (Å²) in [4.78, 5) is 1.01. The lowest BCUT2D eigenvalue weighted by Crippen LogP contribution is -2.20. The Bertz CT molecular complexity index is 313. The summed E-state index contributed by atoms with van der Waals surface area (Å²) in [5.41, 5.74) is 5.96. The minimum atomic E-state index is -4.21. The molecule has 0 heterocycles. The Kier molecular flexibility index (Phi) is 6.22. The van der Waals surface area contributed by atoms with E-state index in [0.29, 0.717) is 5.56 Å². The lowest BCUT2D eigenvalue weighted by Gasteiger charge is -2.14. The fourth-order valence-corrected chi connectivity index (χ4v) is 1.63. The smallest absolute Gasteiger partial charge is 0.324 e. The van der Waals surface area contributed by atoms with E-state index in [2.05, 4.69) is 0 Å². The molecular formula is C10H13ClF3NS. The zero-order chi connectivity index (χ0) is 11.5. The molecule has 92 valence electrons. The van der Waals surface area contributed by atoms with Gasteiger partial charge in [-0.1, -0.05) is 12.1 Å². The molecule has 0 unspecified atom stereocenters. The van der Waals surface area contributed by atoms with Crippen LogP contribution in [-0.4, -0.2) is 12.4 Å². The summed E-state index contributed by atoms with van der Waals surface area (Å²) in [7, 11) is 0. The highest BCUT2D eigenvalue weighted by atomic mass is 35.5. The van der Waals surface area contributed by atoms with Gasteiger partial charge in [0.2, 0.25) is 0 Å². The van der Waals surface area contributed by atoms with E-state index < -0.39 is 18.6 Å². The second-order valence-corrected chi connectivity index (χ2v) is 4.08. The van der Waals surface area contributed by atoms with Gasteiger partial charge in [0.15, 0.2) is 0 Å². The van der Waals surface area contributed by atoms with Crippen molar-refractivity contribution in [3.63, 3.8) is 0 Å². The van der Waals surface area contributed by atoms with Crippen LogP contribution in [0.5, 0.6) is 0 Å². The number of halogens is 4. The van der Waals surface area contributed by atoms with Gasteiger partial charge in [-0.3, -0.25) is 0 Å². The van der Waals surface area contributed by atoms with Gasteiger partial charge in [0, 0.05) is 10.9 Å². The fourth-order valence-electron chi connectivity index (χ4n) is 1.22. The van der Waals surface area contributed by atoms with E-state index in [0.717, 1.165) is 4.90 Å². The first-order valence-electron chi connectivity index (χ1n) is 4.38. The van der Waals surface area contributed by atoms with Crippen molar-refractivity contribution in [1.29, 1.82) is 0 Å². The minimum Gasteiger partial charge on any atom is -0.324 e. The van der Waals surface area contributed by atoms with Crippen LogP contribution >= 0.6 is 24.2 Å². The van der Waals surface area contributed by atoms with Gasteiger partial charge in [-0.2, -0.15) is 13.2 Å². The third-order valence-corrected chi connectivity index (χ3v) is 2.74. The number of nitrogens with two attached hydrogens (primary N) is 1. The van der Waals surface area contributed by atoms with Gasteiger partial charge < -0.3 is 5.73 Å². The largest absolute Gasteiger partial charge is 0.390 e. The molecule has 1 aromatic carbocycles. The third kappa shape index (κ3) is 5.09. The normalized spacial score (nSPS) is 13.1. The molecule has 0 amide bonds. The molecule has 2 N–H and O–H groups in total. The Morgan fingerprint density at radius 3 is 2.12 bits per heavy atom. The average Bonchev–Trinajstić information content (AvgIpc) is 2.15. The molecule has 1 rings (SSSR count). The van der Waals surface area contributed by atoms with E-state index in [-0.39, 0.29) is 12.4 Å². The van der Waals surface area contributed by atoms with Crippen LogP contribution in [0, 0.1) is 0 Å². The highest BCUT2D eigenvalue weighted by Gasteiger charge is 2.30. The van der Waals surface area contributed by atoms with E-state index in [1.807, 2.05) is 6.26 Å². The molecular weight excluding hydrogens is 259 g/mol. The predicted octanol–water partition coefficient (Wildman–Crippen LogP) is 3.78. The molecule has 0 saturated carbocycles. The molecule has 0 saturated heterocycles. The van der Waals surface area contributed by atoms with Crippen LogP contribution in [0.25, 0.3) is 0 Å². The van der Waals surface area contributed by atoms with Crippen molar-refractivity contribution in [2.24, 2.45) is 5.73 Å². The number of alkyl halides is 3. The lowest BCUT2D eigenvalue weighted by molar-refractivity contribution is -0.138. The highest BCUT2D eigenvalue weighted by molar-refractivity contribution is 7.98. The first kappa shape index (κ1) is 15.6. The number of thioether (sulfide) groups is 1. The van der Waals surface area contributed by atoms with E-state index in [1.54, 1.807) is 24.3 Å². The maximum absolute atomic E-state index is 12.1. The van der Waals surface area contributed by atoms with Crippen molar-refractivity contribution in [2.75, 3.05) is 6.26 Å². The van der Waals surface area contributed by atoms with Gasteiger partial charge in [-0.15, -0.1) is 24.2 Å². The first-order chi connectivity index (χ1) is 6.92. The van der Waals surface area contributed by atoms with Crippen molar-refractivity contribution < 1.29 is 13.2 Å². The first-order valence-corrected chi connectivity index (χ1v) is 5.61. The molecule has 0 aliphatic heterocycles. The van der Waals surface area contributed by atoms with Gasteiger partial charge in [0.05, 0.1) is 6.42 Å². The molecule has 16 heavy (non-hydrogen) atoms. The van der Waals surface area contributed by atoms with Gasteiger partial charge in [0.25, 0.3) is 0 Å². The van der Waals surface area contributed by atoms with Crippen molar-refractivity contribution in [1.82, 2.24) is 0 Å². The van der Waals surface area contributed by atoms with Gasteiger partial charge >= 0.3 is 6.18 Å². The summed E-state index contributed by atoms with van der Waals surface area (Å²) in [6.45, 7) is 0. The summed E-state index contributed by atoms with van der Waals surface area (Å²) >= 11 is 1.54. The van der Waals surface area contributed by atoms with Crippen LogP contribution in [0.15, 0.2) is 29.2 Å². The van der Waals surface area contributed by atoms with Gasteiger partial charge in [-0.05, 0) is 24.0 Å². The second kappa shape index (κ2) is 6.37. The molecule has 0 aliphatic carbocycles. The number of hydrogen-bond donors (Lipinski definition) is 1. The number of benzene rings is 1. The zero-order valence-corrected chi connectivity index (χ0v) is 10.3. The second-order valence-electron chi connectivity index (χ2n) is 3.20. The summed E-state index contributed by atoms with van der Waals surface area (Å²) in [5, 5.41) is 0. The molecule has 0 bridgehead atoms. The van der Waals surface area contributed by atoms with Crippen LogP contribution in [0.4, 0.5) is 13.2 Å². The van der Waals surface area contributed by atoms with Crippen LogP contribution in [0.3, 0.4) is 0 Å². The molecule has 6 heteroatoms. The Labute approximate surface area is 103 Å². The minimum absolute atomic E-state index is 0. The molecule has 1 aromatic rings. The fraction of sp³-hybridized carbons (Fsp3) is 0.400. The van der Waals surface area contributed by atoms with Crippen LogP contribution in [-0.2, 0) is 0 Å². The maximum atomic E-state index is 12.1. The summed E-state index contributed by atoms with van der Waals surface area (Å²) in [6, 6.07) is 5.86. The van der Waals surface area contributed by atoms with Crippen molar-refractivity contribution >= 4 is 24.2 Å². The highest BCUT2D eigenvalue weighted by Crippen LogP contribution is 2.28. The Morgan fingerprint density at radius 1 is 1.25 bits per heavy atom. The Morgan fingerprint density at radius 2 is 1.75 bits per heavy atom. The standard InChI is InChI=1S/C10H12F3NS.ClH/c1-15-8-4-2-7(3-5-8)9(14)6-10(11,12)13;/h2-5,9H,6,14H2,1H3;1H/t9-;/m0./s1. The molecule has 0 spiro atoms. The molecule has 0 radical (unpaired) electrons. The summed E-state index contributed by atoms with van der Waals surface area (Å²) in [6.07, 6.45) is -3.28. The molecule has 0 fully saturated rings. The van der Waals surface area contributed by atoms with E-state index in [9.17, 15) is 13.2 Å². The summed E-state index contributed by atoms with van der Waals surface area (Å²) in [5.74, 6) is 0. The number of rotatable bonds is 3. The SMILES string of the molecule is CSc1ccc([C@@H](N)CC(F)(F)F)cc1.Cl. The zero-order valence-electron chi connectivity index (χ0n) is 8.62. The maximum Gasteiger partial charge on any atom is 0.390 e. The van der Waals surface area contributed by atoms with E-state index in [4.69, 9.17) is 5.73 Å². The van der Waals surface area contributed by atoms with Crippen molar-refractivity contribution in [3.8, 4) is 0 Å².